The Morgan fingerprint density at radius 2 is 2.10 bits per heavy atom. The minimum absolute atomic E-state index is 0.297. The number of anilines is 2. The summed E-state index contributed by atoms with van der Waals surface area (Å²) in [5.74, 6) is 0.502. The summed E-state index contributed by atoms with van der Waals surface area (Å²) in [6, 6.07) is 3.69. The number of aromatic nitrogens is 2. The van der Waals surface area contributed by atoms with Crippen molar-refractivity contribution in [2.75, 3.05) is 5.32 Å². The van der Waals surface area contributed by atoms with Crippen LogP contribution in [0.3, 0.4) is 0 Å². The molecule has 2 aromatic rings. The fourth-order valence-corrected chi connectivity index (χ4v) is 2.03. The molecule has 108 valence electrons. The van der Waals surface area contributed by atoms with Crippen molar-refractivity contribution in [1.82, 2.24) is 9.55 Å². The van der Waals surface area contributed by atoms with Crippen LogP contribution in [0.5, 0.6) is 0 Å². The molecular formula is C13H13ClF3N3. The van der Waals surface area contributed by atoms with Gasteiger partial charge in [-0.25, -0.2) is 4.98 Å². The van der Waals surface area contributed by atoms with Crippen LogP contribution in [-0.2, 0) is 12.7 Å². The predicted molar refractivity (Wildman–Crippen MR) is 72.3 cm³/mol. The van der Waals surface area contributed by atoms with Crippen LogP contribution in [0, 0.1) is 0 Å². The van der Waals surface area contributed by atoms with E-state index in [0.29, 0.717) is 11.6 Å². The number of benzene rings is 1. The average molecular weight is 304 g/mol. The highest BCUT2D eigenvalue weighted by atomic mass is 35.5. The molecule has 0 saturated carbocycles. The van der Waals surface area contributed by atoms with Crippen molar-refractivity contribution >= 4 is 23.2 Å². The standard InChI is InChI=1S/C13H13ClF3N3/c1-2-6-20-7-5-18-12(20)19-9-3-4-11(14)10(8-9)13(15,16)17/h3-5,7-8H,2,6H2,1H3,(H,18,19). The molecule has 0 radical (unpaired) electrons. The van der Waals surface area contributed by atoms with Gasteiger partial charge in [-0.3, -0.25) is 0 Å². The van der Waals surface area contributed by atoms with Crippen LogP contribution in [0.15, 0.2) is 30.6 Å². The van der Waals surface area contributed by atoms with Crippen LogP contribution in [-0.4, -0.2) is 9.55 Å². The van der Waals surface area contributed by atoms with E-state index in [1.165, 1.54) is 12.1 Å². The van der Waals surface area contributed by atoms with Gasteiger partial charge in [0.2, 0.25) is 5.95 Å². The van der Waals surface area contributed by atoms with Gasteiger partial charge in [-0.15, -0.1) is 0 Å². The zero-order valence-electron chi connectivity index (χ0n) is 10.7. The van der Waals surface area contributed by atoms with Crippen molar-refractivity contribution in [3.05, 3.63) is 41.2 Å². The van der Waals surface area contributed by atoms with E-state index in [9.17, 15) is 13.2 Å². The Hall–Kier alpha value is -1.69. The number of nitrogens with zero attached hydrogens (tertiary/aromatic N) is 2. The van der Waals surface area contributed by atoms with E-state index >= 15 is 0 Å². The van der Waals surface area contributed by atoms with Gasteiger partial charge in [-0.05, 0) is 24.6 Å². The first-order chi connectivity index (χ1) is 9.41. The molecule has 0 spiro atoms. The van der Waals surface area contributed by atoms with Crippen molar-refractivity contribution in [3.63, 3.8) is 0 Å². The molecule has 0 aliphatic heterocycles. The minimum atomic E-state index is -4.48. The lowest BCUT2D eigenvalue weighted by atomic mass is 10.2. The molecule has 0 amide bonds. The van der Waals surface area contributed by atoms with Gasteiger partial charge in [0.1, 0.15) is 0 Å². The summed E-state index contributed by atoms with van der Waals surface area (Å²) in [4.78, 5) is 4.08. The molecule has 2 rings (SSSR count). The Kier molecular flexibility index (Phi) is 4.23. The summed E-state index contributed by atoms with van der Waals surface area (Å²) >= 11 is 5.58. The van der Waals surface area contributed by atoms with Crippen LogP contribution in [0.1, 0.15) is 18.9 Å². The number of imidazole rings is 1. The van der Waals surface area contributed by atoms with Crippen LogP contribution >= 0.6 is 11.6 Å². The van der Waals surface area contributed by atoms with Crippen LogP contribution in [0.2, 0.25) is 5.02 Å². The van der Waals surface area contributed by atoms with Gasteiger partial charge in [0.25, 0.3) is 0 Å². The van der Waals surface area contributed by atoms with Crippen LogP contribution in [0.4, 0.5) is 24.8 Å². The van der Waals surface area contributed by atoms with E-state index in [4.69, 9.17) is 11.6 Å². The molecule has 0 aliphatic rings. The number of hydrogen-bond acceptors (Lipinski definition) is 2. The van der Waals surface area contributed by atoms with E-state index in [1.807, 2.05) is 11.5 Å². The summed E-state index contributed by atoms with van der Waals surface area (Å²) in [6.07, 6.45) is -0.210. The van der Waals surface area contributed by atoms with Gasteiger partial charge in [0.15, 0.2) is 0 Å². The number of alkyl halides is 3. The Morgan fingerprint density at radius 1 is 1.35 bits per heavy atom. The molecule has 1 heterocycles. The maximum Gasteiger partial charge on any atom is 0.417 e. The summed E-state index contributed by atoms with van der Waals surface area (Å²) in [5.41, 5.74) is -0.567. The van der Waals surface area contributed by atoms with E-state index in [1.54, 1.807) is 12.4 Å². The van der Waals surface area contributed by atoms with Crippen LogP contribution < -0.4 is 5.32 Å². The minimum Gasteiger partial charge on any atom is -0.326 e. The molecule has 20 heavy (non-hydrogen) atoms. The van der Waals surface area contributed by atoms with E-state index < -0.39 is 11.7 Å². The number of nitrogens with one attached hydrogen (secondary N) is 1. The summed E-state index contributed by atoms with van der Waals surface area (Å²) in [5, 5.41) is 2.55. The maximum atomic E-state index is 12.8. The first-order valence-corrected chi connectivity index (χ1v) is 6.44. The van der Waals surface area contributed by atoms with E-state index in [0.717, 1.165) is 19.0 Å². The second kappa shape index (κ2) is 5.75. The highest BCUT2D eigenvalue weighted by Gasteiger charge is 2.33. The Labute approximate surface area is 119 Å². The first-order valence-electron chi connectivity index (χ1n) is 6.06. The quantitative estimate of drug-likeness (QED) is 0.886. The summed E-state index contributed by atoms with van der Waals surface area (Å²) in [6.45, 7) is 2.75. The van der Waals surface area contributed by atoms with Gasteiger partial charge < -0.3 is 9.88 Å². The number of halogens is 4. The smallest absolute Gasteiger partial charge is 0.326 e. The second-order valence-electron chi connectivity index (χ2n) is 4.26. The van der Waals surface area contributed by atoms with Crippen molar-refractivity contribution in [2.45, 2.75) is 26.1 Å². The summed E-state index contributed by atoms with van der Waals surface area (Å²) < 4.78 is 40.2. The normalized spacial score (nSPS) is 11.7. The topological polar surface area (TPSA) is 29.9 Å². The molecule has 0 bridgehead atoms. The van der Waals surface area contributed by atoms with Crippen molar-refractivity contribution < 1.29 is 13.2 Å². The monoisotopic (exact) mass is 303 g/mol. The van der Waals surface area contributed by atoms with E-state index in [-0.39, 0.29) is 5.02 Å². The molecule has 3 nitrogen and oxygen atoms in total. The number of hydrogen-bond donors (Lipinski definition) is 1. The van der Waals surface area contributed by atoms with E-state index in [2.05, 4.69) is 10.3 Å². The Balaban J connectivity index is 2.28. The average Bonchev–Trinajstić information content (AvgIpc) is 2.78. The van der Waals surface area contributed by atoms with Gasteiger partial charge >= 0.3 is 6.18 Å². The highest BCUT2D eigenvalue weighted by Crippen LogP contribution is 2.36. The fraction of sp³-hybridized carbons (Fsp3) is 0.308. The molecule has 0 saturated heterocycles. The highest BCUT2D eigenvalue weighted by molar-refractivity contribution is 6.31. The molecule has 1 aromatic carbocycles. The third-order valence-electron chi connectivity index (χ3n) is 2.71. The zero-order chi connectivity index (χ0) is 14.8. The Morgan fingerprint density at radius 3 is 2.75 bits per heavy atom. The van der Waals surface area contributed by atoms with Crippen molar-refractivity contribution in [2.24, 2.45) is 0 Å². The van der Waals surface area contributed by atoms with Gasteiger partial charge in [-0.2, -0.15) is 13.2 Å². The predicted octanol–water partition coefficient (Wildman–Crippen LogP) is 4.71. The summed E-state index contributed by atoms with van der Waals surface area (Å²) in [7, 11) is 0. The number of aryl methyl sites for hydroxylation is 1. The van der Waals surface area contributed by atoms with Gasteiger partial charge in [0.05, 0.1) is 10.6 Å². The van der Waals surface area contributed by atoms with Gasteiger partial charge in [0, 0.05) is 24.6 Å². The molecule has 1 aromatic heterocycles. The van der Waals surface area contributed by atoms with Crippen molar-refractivity contribution in [1.29, 1.82) is 0 Å². The second-order valence-corrected chi connectivity index (χ2v) is 4.67. The largest absolute Gasteiger partial charge is 0.417 e. The lowest BCUT2D eigenvalue weighted by molar-refractivity contribution is -0.137. The molecule has 1 N–H and O–H groups in total. The third kappa shape index (κ3) is 3.25. The first kappa shape index (κ1) is 14.7. The lowest BCUT2D eigenvalue weighted by Crippen LogP contribution is -2.08. The lowest BCUT2D eigenvalue weighted by Gasteiger charge is -2.13. The molecule has 0 atom stereocenters. The van der Waals surface area contributed by atoms with Crippen molar-refractivity contribution in [3.8, 4) is 0 Å². The SMILES string of the molecule is CCCn1ccnc1Nc1ccc(Cl)c(C(F)(F)F)c1. The number of rotatable bonds is 4. The third-order valence-corrected chi connectivity index (χ3v) is 3.04. The zero-order valence-corrected chi connectivity index (χ0v) is 11.5. The molecule has 0 unspecified atom stereocenters. The van der Waals surface area contributed by atoms with Gasteiger partial charge in [-0.1, -0.05) is 18.5 Å². The molecular weight excluding hydrogens is 291 g/mol. The Bertz CT molecular complexity index is 593. The molecule has 0 aliphatic carbocycles. The van der Waals surface area contributed by atoms with Crippen LogP contribution in [0.25, 0.3) is 0 Å². The molecule has 7 heteroatoms. The maximum absolute atomic E-state index is 12.8. The molecule has 0 fully saturated rings. The fourth-order valence-electron chi connectivity index (χ4n) is 1.80.